The van der Waals surface area contributed by atoms with Gasteiger partial charge in [0.15, 0.2) is 5.11 Å². The first-order valence-electron chi connectivity index (χ1n) is 12.5. The number of nitrogens with zero attached hydrogens (tertiary/aromatic N) is 4. The van der Waals surface area contributed by atoms with Gasteiger partial charge in [-0.3, -0.25) is 0 Å². The highest BCUT2D eigenvalue weighted by atomic mass is 32.1. The van der Waals surface area contributed by atoms with Crippen molar-refractivity contribution in [3.05, 3.63) is 6.07 Å². The van der Waals surface area contributed by atoms with Gasteiger partial charge < -0.3 is 20.4 Å². The summed E-state index contributed by atoms with van der Waals surface area (Å²) in [7, 11) is 0. The Balaban J connectivity index is 1.50. The smallest absolute Gasteiger partial charge is 0.232 e. The maximum absolute atomic E-state index is 5.67. The summed E-state index contributed by atoms with van der Waals surface area (Å²) in [4.78, 5) is 14.7. The van der Waals surface area contributed by atoms with E-state index in [9.17, 15) is 0 Å². The van der Waals surface area contributed by atoms with Crippen molar-refractivity contribution >= 4 is 34.9 Å². The van der Waals surface area contributed by atoms with Crippen molar-refractivity contribution in [2.24, 2.45) is 11.8 Å². The van der Waals surface area contributed by atoms with Crippen LogP contribution in [0.4, 0.5) is 17.6 Å². The van der Waals surface area contributed by atoms with E-state index >= 15 is 0 Å². The highest BCUT2D eigenvalue weighted by Crippen LogP contribution is 2.28. The molecule has 6 nitrogen and oxygen atoms in total. The predicted molar refractivity (Wildman–Crippen MR) is 134 cm³/mol. The molecule has 0 radical (unpaired) electrons. The topological polar surface area (TPSA) is 56.3 Å². The molecule has 0 spiro atoms. The van der Waals surface area contributed by atoms with Gasteiger partial charge in [0.1, 0.15) is 11.6 Å². The van der Waals surface area contributed by atoms with Gasteiger partial charge in [0.05, 0.1) is 0 Å². The summed E-state index contributed by atoms with van der Waals surface area (Å²) in [5, 5.41) is 7.53. The molecule has 0 amide bonds. The predicted octanol–water partition coefficient (Wildman–Crippen LogP) is 4.96. The molecule has 1 saturated carbocycles. The Morgan fingerprint density at radius 3 is 2.19 bits per heavy atom. The van der Waals surface area contributed by atoms with Gasteiger partial charge in [-0.15, -0.1) is 0 Å². The molecule has 7 heteroatoms. The molecule has 0 unspecified atom stereocenters. The SMILES string of the molecule is CC1CCN(c2cc(N3CCC[C@@H](C)C3)nc(NC(=S)NC3CCCCCC3)n2)CC1. The fourth-order valence-corrected chi connectivity index (χ4v) is 5.44. The standard InChI is InChI=1S/C24H40N6S/c1-18-11-14-29(15-12-18)21-16-22(30-13-7-8-19(2)17-30)27-23(26-21)28-24(31)25-20-9-5-3-4-6-10-20/h16,18-20H,3-15,17H2,1-2H3,(H2,25,26,27,28,31)/t19-/m1/s1. The van der Waals surface area contributed by atoms with Gasteiger partial charge in [0.25, 0.3) is 0 Å². The van der Waals surface area contributed by atoms with Crippen molar-refractivity contribution in [2.45, 2.75) is 84.1 Å². The molecule has 1 aromatic rings. The molecule has 2 N–H and O–H groups in total. The van der Waals surface area contributed by atoms with E-state index in [-0.39, 0.29) is 0 Å². The molecule has 172 valence electrons. The molecule has 4 rings (SSSR count). The molecule has 2 aliphatic heterocycles. The lowest BCUT2D eigenvalue weighted by molar-refractivity contribution is 0.435. The molecule has 3 heterocycles. The second-order valence-corrected chi connectivity index (χ2v) is 10.5. The zero-order valence-corrected chi connectivity index (χ0v) is 20.2. The molecule has 0 bridgehead atoms. The molecule has 1 aromatic heterocycles. The third kappa shape index (κ3) is 6.43. The van der Waals surface area contributed by atoms with Crippen molar-refractivity contribution in [3.63, 3.8) is 0 Å². The van der Waals surface area contributed by atoms with Crippen LogP contribution in [0.2, 0.25) is 0 Å². The lowest BCUT2D eigenvalue weighted by Crippen LogP contribution is -2.39. The molecular weight excluding hydrogens is 404 g/mol. The summed E-state index contributed by atoms with van der Waals surface area (Å²) in [6.45, 7) is 8.96. The number of piperidine rings is 2. The number of anilines is 3. The summed E-state index contributed by atoms with van der Waals surface area (Å²) in [5.41, 5.74) is 0. The molecule has 2 saturated heterocycles. The Morgan fingerprint density at radius 1 is 0.839 bits per heavy atom. The quantitative estimate of drug-likeness (QED) is 0.503. The summed E-state index contributed by atoms with van der Waals surface area (Å²) in [5.74, 6) is 4.21. The van der Waals surface area contributed by atoms with Crippen LogP contribution in [-0.2, 0) is 0 Å². The van der Waals surface area contributed by atoms with Crippen molar-refractivity contribution in [3.8, 4) is 0 Å². The Bertz CT molecular complexity index is 725. The summed E-state index contributed by atoms with van der Waals surface area (Å²) < 4.78 is 0. The van der Waals surface area contributed by atoms with Crippen LogP contribution in [0.1, 0.15) is 78.1 Å². The van der Waals surface area contributed by atoms with E-state index in [0.717, 1.165) is 43.7 Å². The van der Waals surface area contributed by atoms with Gasteiger partial charge >= 0.3 is 0 Å². The molecular formula is C24H40N6S. The van der Waals surface area contributed by atoms with E-state index in [4.69, 9.17) is 22.2 Å². The molecule has 3 fully saturated rings. The second kappa shape index (κ2) is 10.8. The van der Waals surface area contributed by atoms with Crippen molar-refractivity contribution in [1.82, 2.24) is 15.3 Å². The van der Waals surface area contributed by atoms with Crippen LogP contribution in [0.25, 0.3) is 0 Å². The third-order valence-corrected chi connectivity index (χ3v) is 7.42. The average molecular weight is 445 g/mol. The van der Waals surface area contributed by atoms with Crippen LogP contribution in [0.5, 0.6) is 0 Å². The van der Waals surface area contributed by atoms with Gasteiger partial charge in [0, 0.05) is 38.3 Å². The van der Waals surface area contributed by atoms with Gasteiger partial charge in [-0.25, -0.2) is 0 Å². The van der Waals surface area contributed by atoms with Gasteiger partial charge in [-0.2, -0.15) is 9.97 Å². The number of nitrogens with one attached hydrogen (secondary N) is 2. The maximum atomic E-state index is 5.67. The zero-order valence-electron chi connectivity index (χ0n) is 19.4. The van der Waals surface area contributed by atoms with Gasteiger partial charge in [-0.05, 0) is 62.6 Å². The number of aromatic nitrogens is 2. The summed E-state index contributed by atoms with van der Waals surface area (Å²) in [6.07, 6.45) is 12.6. The van der Waals surface area contributed by atoms with Crippen LogP contribution < -0.4 is 20.4 Å². The Hall–Kier alpha value is -1.63. The molecule has 3 aliphatic rings. The Labute approximate surface area is 193 Å². The number of thiocarbonyl (C=S) groups is 1. The molecule has 1 atom stereocenters. The normalized spacial score (nSPS) is 24.0. The molecule has 31 heavy (non-hydrogen) atoms. The van der Waals surface area contributed by atoms with E-state index in [2.05, 4.69) is 40.3 Å². The first-order valence-corrected chi connectivity index (χ1v) is 12.9. The van der Waals surface area contributed by atoms with Crippen molar-refractivity contribution in [1.29, 1.82) is 0 Å². The number of rotatable bonds is 4. The fraction of sp³-hybridized carbons (Fsp3) is 0.792. The largest absolute Gasteiger partial charge is 0.360 e. The van der Waals surface area contributed by atoms with Crippen molar-refractivity contribution < 1.29 is 0 Å². The lowest BCUT2D eigenvalue weighted by Gasteiger charge is -2.34. The highest BCUT2D eigenvalue weighted by Gasteiger charge is 2.23. The minimum Gasteiger partial charge on any atom is -0.360 e. The second-order valence-electron chi connectivity index (χ2n) is 10.1. The van der Waals surface area contributed by atoms with Gasteiger partial charge in [0.2, 0.25) is 5.95 Å². The lowest BCUT2D eigenvalue weighted by atomic mass is 9.99. The van der Waals surface area contributed by atoms with E-state index in [0.29, 0.717) is 23.0 Å². The Morgan fingerprint density at radius 2 is 1.52 bits per heavy atom. The minimum absolute atomic E-state index is 0.469. The minimum atomic E-state index is 0.469. The van der Waals surface area contributed by atoms with E-state index in [1.54, 1.807) is 0 Å². The average Bonchev–Trinajstić information content (AvgIpc) is 3.02. The van der Waals surface area contributed by atoms with E-state index in [1.807, 2.05) is 0 Å². The van der Waals surface area contributed by atoms with E-state index < -0.39 is 0 Å². The van der Waals surface area contributed by atoms with Crippen LogP contribution in [0, 0.1) is 11.8 Å². The number of hydrogen-bond donors (Lipinski definition) is 2. The zero-order chi connectivity index (χ0) is 21.6. The third-order valence-electron chi connectivity index (χ3n) is 7.20. The summed E-state index contributed by atoms with van der Waals surface area (Å²) >= 11 is 5.67. The molecule has 1 aliphatic carbocycles. The molecule has 0 aromatic carbocycles. The van der Waals surface area contributed by atoms with Gasteiger partial charge in [-0.1, -0.05) is 39.5 Å². The maximum Gasteiger partial charge on any atom is 0.232 e. The van der Waals surface area contributed by atoms with Crippen LogP contribution in [0.3, 0.4) is 0 Å². The van der Waals surface area contributed by atoms with Crippen LogP contribution >= 0.6 is 12.2 Å². The first-order chi connectivity index (χ1) is 15.1. The van der Waals surface area contributed by atoms with Crippen LogP contribution in [0.15, 0.2) is 6.07 Å². The monoisotopic (exact) mass is 444 g/mol. The van der Waals surface area contributed by atoms with Crippen molar-refractivity contribution in [2.75, 3.05) is 41.3 Å². The summed E-state index contributed by atoms with van der Waals surface area (Å²) in [6, 6.07) is 2.66. The number of hydrogen-bond acceptors (Lipinski definition) is 5. The first kappa shape index (κ1) is 22.6. The van der Waals surface area contributed by atoms with Crippen LogP contribution in [-0.4, -0.2) is 47.3 Å². The Kier molecular flexibility index (Phi) is 7.86. The van der Waals surface area contributed by atoms with E-state index in [1.165, 1.54) is 64.2 Å². The highest BCUT2D eigenvalue weighted by molar-refractivity contribution is 7.80. The fourth-order valence-electron chi connectivity index (χ4n) is 5.18.